The van der Waals surface area contributed by atoms with Crippen molar-refractivity contribution >= 4 is 54.0 Å². The van der Waals surface area contributed by atoms with Gasteiger partial charge in [-0.05, 0) is 119 Å². The van der Waals surface area contributed by atoms with E-state index in [2.05, 4.69) is 0 Å². The lowest BCUT2D eigenvalue weighted by Crippen LogP contribution is -2.28. The first-order valence-electron chi connectivity index (χ1n) is 20.2. The summed E-state index contributed by atoms with van der Waals surface area (Å²) in [5, 5.41) is 151. The Morgan fingerprint density at radius 2 is 0.770 bits per heavy atom. The molecule has 0 unspecified atom stereocenters. The third-order valence-corrected chi connectivity index (χ3v) is 8.67. The number of ether oxygens (including phenoxy) is 1. The number of aliphatic carboxylic acids is 3. The largest absolute Gasteiger partial charge is 0.508 e. The van der Waals surface area contributed by atoms with Gasteiger partial charge in [-0.1, -0.05) is 30.3 Å². The number of carboxylic acid groups (broad SMARTS) is 5. The van der Waals surface area contributed by atoms with Crippen LogP contribution in [-0.4, -0.2) is 129 Å². The smallest absolute Gasteiger partial charge is 0.345 e. The van der Waals surface area contributed by atoms with Crippen molar-refractivity contribution in [3.05, 3.63) is 161 Å². The molecule has 0 aliphatic rings. The van der Waals surface area contributed by atoms with Gasteiger partial charge in [0.1, 0.15) is 5.75 Å². The third kappa shape index (κ3) is 21.1. The SMILES string of the molecule is O=C(/C=C/c1ccc(O)c(O)c1)O[C@H](Cc1ccc(O)c(O)c1)C(=O)O.O=C(O)/C=C/c1ccc(O)c(O)c1.O=C(O)/C=C/c1ccc(O)cc1.O=C(O)c1cc(O)c(O)c(O)c1.O=C(O)c1ccc(O)c(O)c1. The van der Waals surface area contributed by atoms with E-state index in [-0.39, 0.29) is 57.8 Å². The summed E-state index contributed by atoms with van der Waals surface area (Å²) in [5.41, 5.74) is 1.66. The van der Waals surface area contributed by atoms with Crippen LogP contribution in [0.1, 0.15) is 43.0 Å². The lowest BCUT2D eigenvalue weighted by atomic mass is 10.1. The van der Waals surface area contributed by atoms with Gasteiger partial charge >= 0.3 is 35.8 Å². The predicted octanol–water partition coefficient (Wildman–Crippen LogP) is 5.74. The van der Waals surface area contributed by atoms with Crippen LogP contribution in [0.3, 0.4) is 0 Å². The molecule has 0 saturated heterocycles. The maximum atomic E-state index is 11.8. The molecule has 17 N–H and O–H groups in total. The monoisotopic (exact) mass is 1030 g/mol. The summed E-state index contributed by atoms with van der Waals surface area (Å²) in [6.45, 7) is 0. The molecule has 0 spiro atoms. The number of hydrogen-bond donors (Lipinski definition) is 17. The normalized spacial score (nSPS) is 10.7. The molecule has 1 atom stereocenters. The molecule has 6 aromatic rings. The molecular formula is C50H44O24. The number of rotatable bonds is 12. The Bertz CT molecular complexity index is 3020. The number of aromatic hydroxyl groups is 12. The van der Waals surface area contributed by atoms with Crippen molar-refractivity contribution in [2.24, 2.45) is 0 Å². The number of phenols is 12. The third-order valence-electron chi connectivity index (χ3n) is 8.67. The van der Waals surface area contributed by atoms with E-state index in [1.54, 1.807) is 12.1 Å². The van der Waals surface area contributed by atoms with E-state index in [9.17, 15) is 54.3 Å². The second-order valence-electron chi connectivity index (χ2n) is 14.2. The molecule has 0 amide bonds. The molecule has 388 valence electrons. The standard InChI is InChI=1S/C18H16O8.C9H8O4.C9H8O3.C7H6O5.C7H6O4/c19-12-4-1-10(7-14(12)21)3-6-17(23)26-16(18(24)25)9-11-2-5-13(20)15(22)8-11;10-7-3-1-6(5-8(7)11)2-4-9(12)13;10-8-4-1-7(2-5-8)3-6-9(11)12;8-4-1-3(7(11)12)2-5(9)6(4)10;8-5-2-1-4(7(10)11)3-6(5)9/h1-8,16,19-22H,9H2,(H,24,25);1-5,10-11H,(H,12,13);1-6,10H,(H,11,12);1-2,8-10H,(H,11,12);1-3,8-9H,(H,10,11)/b6-3+;4-2+;6-3+;;/t16-;;;;/m1..../s1. The maximum Gasteiger partial charge on any atom is 0.345 e. The number of esters is 1. The van der Waals surface area contributed by atoms with Crippen LogP contribution in [0.2, 0.25) is 0 Å². The first-order valence-corrected chi connectivity index (χ1v) is 20.2. The molecule has 6 aromatic carbocycles. The van der Waals surface area contributed by atoms with E-state index >= 15 is 0 Å². The van der Waals surface area contributed by atoms with Crippen LogP contribution >= 0.6 is 0 Å². The fourth-order valence-corrected chi connectivity index (χ4v) is 5.03. The van der Waals surface area contributed by atoms with E-state index < -0.39 is 70.7 Å². The zero-order valence-electron chi connectivity index (χ0n) is 37.6. The average molecular weight is 1030 g/mol. The minimum atomic E-state index is -1.50. The first kappa shape index (κ1) is 59.1. The van der Waals surface area contributed by atoms with Gasteiger partial charge in [0, 0.05) is 24.6 Å². The summed E-state index contributed by atoms with van der Waals surface area (Å²) in [6.07, 6.45) is 5.34. The van der Waals surface area contributed by atoms with Gasteiger partial charge in [0.2, 0.25) is 6.10 Å². The highest BCUT2D eigenvalue weighted by atomic mass is 16.6. The van der Waals surface area contributed by atoms with Gasteiger partial charge in [-0.25, -0.2) is 28.8 Å². The van der Waals surface area contributed by atoms with Crippen molar-refractivity contribution in [2.75, 3.05) is 0 Å². The zero-order valence-corrected chi connectivity index (χ0v) is 37.6. The molecular weight excluding hydrogens is 985 g/mol. The van der Waals surface area contributed by atoms with Crippen molar-refractivity contribution < 1.29 is 120 Å². The molecule has 0 radical (unpaired) electrons. The number of carbonyl (C=O) groups excluding carboxylic acids is 1. The van der Waals surface area contributed by atoms with E-state index in [1.165, 1.54) is 91.0 Å². The average Bonchev–Trinajstić information content (AvgIpc) is 3.33. The zero-order chi connectivity index (χ0) is 55.8. The minimum Gasteiger partial charge on any atom is -0.508 e. The van der Waals surface area contributed by atoms with Crippen LogP contribution < -0.4 is 0 Å². The number of carbonyl (C=O) groups is 6. The molecule has 24 heteroatoms. The van der Waals surface area contributed by atoms with Gasteiger partial charge in [0.05, 0.1) is 11.1 Å². The Labute approximate surface area is 415 Å². The molecule has 0 fully saturated rings. The van der Waals surface area contributed by atoms with E-state index in [4.69, 9.17) is 66.0 Å². The summed E-state index contributed by atoms with van der Waals surface area (Å²) in [6, 6.07) is 23.0. The fraction of sp³-hybridized carbons (Fsp3) is 0.0400. The minimum absolute atomic E-state index is 0.0553. The quantitative estimate of drug-likeness (QED) is 0.0394. The molecule has 0 aromatic heterocycles. The summed E-state index contributed by atoms with van der Waals surface area (Å²) in [4.78, 5) is 63.9. The Morgan fingerprint density at radius 1 is 0.392 bits per heavy atom. The van der Waals surface area contributed by atoms with Crippen molar-refractivity contribution in [3.8, 4) is 69.0 Å². The lowest BCUT2D eigenvalue weighted by Gasteiger charge is -2.13. The summed E-state index contributed by atoms with van der Waals surface area (Å²) < 4.78 is 4.88. The summed E-state index contributed by atoms with van der Waals surface area (Å²) in [7, 11) is 0. The number of benzene rings is 6. The number of phenolic OH excluding ortho intramolecular Hbond substituents is 12. The van der Waals surface area contributed by atoms with Gasteiger partial charge in [-0.15, -0.1) is 0 Å². The highest BCUT2D eigenvalue weighted by Gasteiger charge is 2.22. The molecule has 0 aliphatic carbocycles. The van der Waals surface area contributed by atoms with Gasteiger partial charge in [-0.3, -0.25) is 0 Å². The molecule has 0 bridgehead atoms. The summed E-state index contributed by atoms with van der Waals surface area (Å²) in [5.74, 6) is -11.3. The van der Waals surface area contributed by atoms with Crippen LogP contribution in [0.5, 0.6) is 69.0 Å². The Hall–Kier alpha value is -11.0. The Morgan fingerprint density at radius 3 is 1.18 bits per heavy atom. The molecule has 0 aliphatic heterocycles. The number of hydrogen-bond acceptors (Lipinski definition) is 19. The predicted molar refractivity (Wildman–Crippen MR) is 256 cm³/mol. The second-order valence-corrected chi connectivity index (χ2v) is 14.2. The Balaban J connectivity index is 0.000000334. The van der Waals surface area contributed by atoms with Crippen LogP contribution in [0.4, 0.5) is 0 Å². The number of carboxylic acids is 5. The second kappa shape index (κ2) is 28.5. The molecule has 6 rings (SSSR count). The van der Waals surface area contributed by atoms with Crippen LogP contribution in [-0.2, 0) is 30.3 Å². The van der Waals surface area contributed by atoms with E-state index in [0.29, 0.717) is 16.7 Å². The molecule has 0 saturated carbocycles. The van der Waals surface area contributed by atoms with Crippen LogP contribution in [0, 0.1) is 0 Å². The number of aromatic carboxylic acids is 2. The van der Waals surface area contributed by atoms with Crippen molar-refractivity contribution in [1.82, 2.24) is 0 Å². The van der Waals surface area contributed by atoms with E-state index in [1.807, 2.05) is 0 Å². The maximum absolute atomic E-state index is 11.8. The van der Waals surface area contributed by atoms with Crippen molar-refractivity contribution in [3.63, 3.8) is 0 Å². The molecule has 74 heavy (non-hydrogen) atoms. The van der Waals surface area contributed by atoms with Gasteiger partial charge < -0.3 is 91.5 Å². The summed E-state index contributed by atoms with van der Waals surface area (Å²) >= 11 is 0. The van der Waals surface area contributed by atoms with Crippen molar-refractivity contribution in [1.29, 1.82) is 0 Å². The Kier molecular flexibility index (Phi) is 22.7. The van der Waals surface area contributed by atoms with Crippen molar-refractivity contribution in [2.45, 2.75) is 12.5 Å². The van der Waals surface area contributed by atoms with Crippen LogP contribution in [0.25, 0.3) is 18.2 Å². The first-order chi connectivity index (χ1) is 34.7. The van der Waals surface area contributed by atoms with Gasteiger partial charge in [0.25, 0.3) is 0 Å². The lowest BCUT2D eigenvalue weighted by molar-refractivity contribution is -0.160. The molecule has 0 heterocycles. The highest BCUT2D eigenvalue weighted by Crippen LogP contribution is 2.35. The van der Waals surface area contributed by atoms with Crippen LogP contribution in [0.15, 0.2) is 127 Å². The fourth-order valence-electron chi connectivity index (χ4n) is 5.03. The highest BCUT2D eigenvalue weighted by molar-refractivity contribution is 5.90. The molecule has 24 nitrogen and oxygen atoms in total. The van der Waals surface area contributed by atoms with Gasteiger partial charge in [0.15, 0.2) is 63.2 Å². The van der Waals surface area contributed by atoms with E-state index in [0.717, 1.165) is 48.1 Å². The van der Waals surface area contributed by atoms with Gasteiger partial charge in [-0.2, -0.15) is 0 Å². The topological polar surface area (TPSA) is 456 Å².